The second-order valence-electron chi connectivity index (χ2n) is 8.06. The predicted molar refractivity (Wildman–Crippen MR) is 124 cm³/mol. The topological polar surface area (TPSA) is 58.1 Å². The molecule has 3 heterocycles. The number of nitrogens with one attached hydrogen (secondary N) is 1. The van der Waals surface area contributed by atoms with Crippen molar-refractivity contribution >= 4 is 33.4 Å². The number of aryl methyl sites for hydroxylation is 2. The molecule has 5 nitrogen and oxygen atoms in total. The van der Waals surface area contributed by atoms with Crippen LogP contribution in [-0.2, 0) is 24.2 Å². The van der Waals surface area contributed by atoms with Crippen LogP contribution in [0, 0.1) is 0 Å². The Hall–Kier alpha value is -2.28. The van der Waals surface area contributed by atoms with E-state index >= 15 is 0 Å². The first-order chi connectivity index (χ1) is 15.1. The highest BCUT2D eigenvalue weighted by atomic mass is 79.9. The molecule has 1 aliphatic heterocycles. The van der Waals surface area contributed by atoms with Crippen molar-refractivity contribution in [3.05, 3.63) is 92.4 Å². The third kappa shape index (κ3) is 4.12. The molecule has 2 aliphatic rings. The first kappa shape index (κ1) is 20.6. The van der Waals surface area contributed by atoms with Crippen molar-refractivity contribution in [2.45, 2.75) is 37.9 Å². The van der Waals surface area contributed by atoms with E-state index in [9.17, 15) is 4.79 Å². The molecule has 0 radical (unpaired) electrons. The number of fused-ring (bicyclic) bond motifs is 2. The van der Waals surface area contributed by atoms with Crippen molar-refractivity contribution in [2.75, 3.05) is 6.54 Å². The number of rotatable bonds is 4. The van der Waals surface area contributed by atoms with Gasteiger partial charge in [-0.25, -0.2) is 0 Å². The average Bonchev–Trinajstić information content (AvgIpc) is 2.89. The zero-order valence-electron chi connectivity index (χ0n) is 16.9. The van der Waals surface area contributed by atoms with Crippen molar-refractivity contribution in [2.24, 2.45) is 0 Å². The minimum Gasteiger partial charge on any atom is -0.351 e. The summed E-state index contributed by atoms with van der Waals surface area (Å²) < 4.78 is 0.975. The van der Waals surface area contributed by atoms with E-state index in [1.807, 2.05) is 24.4 Å². The van der Waals surface area contributed by atoms with Crippen LogP contribution >= 0.6 is 27.5 Å². The Kier molecular flexibility index (Phi) is 5.78. The number of hydrogen-bond donors (Lipinski definition) is 1. The lowest BCUT2D eigenvalue weighted by Gasteiger charge is -2.45. The molecular formula is C24H22BrClN4O. The van der Waals surface area contributed by atoms with Crippen LogP contribution in [0.3, 0.4) is 0 Å². The molecule has 1 unspecified atom stereocenters. The van der Waals surface area contributed by atoms with Crippen LogP contribution in [0.25, 0.3) is 0 Å². The zero-order chi connectivity index (χ0) is 21.4. The normalized spacial score (nSPS) is 20.2. The van der Waals surface area contributed by atoms with Crippen LogP contribution in [-0.4, -0.2) is 33.4 Å². The van der Waals surface area contributed by atoms with Crippen LogP contribution in [0.1, 0.15) is 40.4 Å². The number of amides is 1. The summed E-state index contributed by atoms with van der Waals surface area (Å²) >= 11 is 9.88. The first-order valence-corrected chi connectivity index (χ1v) is 11.6. The molecule has 1 amide bonds. The average molecular weight is 498 g/mol. The Labute approximate surface area is 195 Å². The van der Waals surface area contributed by atoms with Gasteiger partial charge in [-0.15, -0.1) is 0 Å². The number of hydrogen-bond acceptors (Lipinski definition) is 4. The van der Waals surface area contributed by atoms with Gasteiger partial charge < -0.3 is 5.32 Å². The zero-order valence-corrected chi connectivity index (χ0v) is 19.2. The van der Waals surface area contributed by atoms with E-state index in [0.717, 1.165) is 46.6 Å². The summed E-state index contributed by atoms with van der Waals surface area (Å²) in [7, 11) is 0. The summed E-state index contributed by atoms with van der Waals surface area (Å²) in [6.45, 7) is 1.34. The van der Waals surface area contributed by atoms with Crippen LogP contribution < -0.4 is 5.32 Å². The highest BCUT2D eigenvalue weighted by molar-refractivity contribution is 9.10. The van der Waals surface area contributed by atoms with Crippen LogP contribution in [0.5, 0.6) is 0 Å². The number of aromatic nitrogens is 2. The molecule has 1 fully saturated rings. The molecule has 0 spiro atoms. The molecule has 3 aromatic rings. The smallest absolute Gasteiger partial charge is 0.237 e. The molecule has 2 aromatic heterocycles. The molecule has 1 N–H and O–H groups in total. The quantitative estimate of drug-likeness (QED) is 0.578. The lowest BCUT2D eigenvalue weighted by Crippen LogP contribution is -2.57. The van der Waals surface area contributed by atoms with Gasteiger partial charge in [0.15, 0.2) is 0 Å². The van der Waals surface area contributed by atoms with Crippen molar-refractivity contribution in [1.82, 2.24) is 20.2 Å². The van der Waals surface area contributed by atoms with Crippen LogP contribution in [0.4, 0.5) is 0 Å². The van der Waals surface area contributed by atoms with Crippen molar-refractivity contribution in [1.29, 1.82) is 0 Å². The largest absolute Gasteiger partial charge is 0.351 e. The number of nitrogens with zero attached hydrogens (tertiary/aromatic N) is 3. The lowest BCUT2D eigenvalue weighted by molar-refractivity contribution is -0.132. The molecule has 158 valence electrons. The maximum atomic E-state index is 13.0. The van der Waals surface area contributed by atoms with Crippen molar-refractivity contribution < 1.29 is 4.79 Å². The van der Waals surface area contributed by atoms with E-state index in [4.69, 9.17) is 16.6 Å². The van der Waals surface area contributed by atoms with Crippen molar-refractivity contribution in [3.63, 3.8) is 0 Å². The molecule has 0 saturated carbocycles. The van der Waals surface area contributed by atoms with E-state index in [0.29, 0.717) is 6.54 Å². The lowest BCUT2D eigenvalue weighted by atomic mass is 9.90. The van der Waals surface area contributed by atoms with Crippen LogP contribution in [0.2, 0.25) is 5.02 Å². The number of halogens is 2. The Morgan fingerprint density at radius 3 is 2.84 bits per heavy atom. The Morgan fingerprint density at radius 2 is 2.06 bits per heavy atom. The van der Waals surface area contributed by atoms with E-state index < -0.39 is 0 Å². The fourth-order valence-corrected chi connectivity index (χ4v) is 5.13. The standard InChI is InChI=1S/C24H22BrClN4O/c25-18-10-17-4-3-16-11-19(26)5-6-20(16)23(22(17)28-14-18)30-9-7-21(30)24(31)29-13-15-2-1-8-27-12-15/h1-2,5-6,8,10-12,14,21,23H,3-4,7,9,13H2,(H,29,31)/t21-,23?/m0/s1. The molecular weight excluding hydrogens is 476 g/mol. The van der Waals surface area contributed by atoms with Crippen LogP contribution in [0.15, 0.2) is 59.5 Å². The molecule has 0 bridgehead atoms. The number of carbonyl (C=O) groups is 1. The minimum atomic E-state index is -0.179. The number of pyridine rings is 2. The van der Waals surface area contributed by atoms with Crippen molar-refractivity contribution in [3.8, 4) is 0 Å². The number of likely N-dealkylation sites (tertiary alicyclic amines) is 1. The predicted octanol–water partition coefficient (Wildman–Crippen LogP) is 4.47. The maximum absolute atomic E-state index is 13.0. The van der Waals surface area contributed by atoms with Gasteiger partial charge >= 0.3 is 0 Å². The number of benzene rings is 1. The van der Waals surface area contributed by atoms with Gasteiger partial charge in [-0.1, -0.05) is 23.7 Å². The third-order valence-electron chi connectivity index (χ3n) is 6.18. The van der Waals surface area contributed by atoms with Gasteiger partial charge in [-0.05, 0) is 81.7 Å². The summed E-state index contributed by atoms with van der Waals surface area (Å²) in [5.41, 5.74) is 5.67. The second kappa shape index (κ2) is 8.69. The Balaban J connectivity index is 1.45. The van der Waals surface area contributed by atoms with Gasteiger partial charge in [0.05, 0.1) is 17.8 Å². The summed E-state index contributed by atoms with van der Waals surface area (Å²) in [5.74, 6) is 0.0496. The summed E-state index contributed by atoms with van der Waals surface area (Å²) in [4.78, 5) is 24.3. The van der Waals surface area contributed by atoms with Gasteiger partial charge in [-0.2, -0.15) is 0 Å². The van der Waals surface area contributed by atoms with E-state index in [-0.39, 0.29) is 18.0 Å². The minimum absolute atomic E-state index is 0.0496. The summed E-state index contributed by atoms with van der Waals surface area (Å²) in [5, 5.41) is 3.82. The molecule has 2 atom stereocenters. The first-order valence-electron chi connectivity index (χ1n) is 10.4. The van der Waals surface area contributed by atoms with E-state index in [1.165, 1.54) is 16.7 Å². The SMILES string of the molecule is O=C(NCc1cccnc1)[C@@H]1CCN1C1c2ccc(Cl)cc2CCc2cc(Br)cnc21. The summed E-state index contributed by atoms with van der Waals surface area (Å²) in [6, 6.07) is 11.9. The summed E-state index contributed by atoms with van der Waals surface area (Å²) in [6.07, 6.45) is 8.01. The highest BCUT2D eigenvalue weighted by Gasteiger charge is 2.42. The Bertz CT molecular complexity index is 1070. The van der Waals surface area contributed by atoms with Gasteiger partial charge in [0.1, 0.15) is 0 Å². The molecule has 1 aliphatic carbocycles. The fourth-order valence-electron chi connectivity index (χ4n) is 4.56. The second-order valence-corrected chi connectivity index (χ2v) is 9.42. The van der Waals surface area contributed by atoms with Gasteiger partial charge in [0.2, 0.25) is 5.91 Å². The number of carbonyl (C=O) groups excluding carboxylic acids is 1. The Morgan fingerprint density at radius 1 is 1.19 bits per heavy atom. The van der Waals surface area contributed by atoms with Gasteiger partial charge in [0, 0.05) is 41.2 Å². The van der Waals surface area contributed by atoms with E-state index in [1.54, 1.807) is 12.4 Å². The monoisotopic (exact) mass is 496 g/mol. The molecule has 1 saturated heterocycles. The molecule has 31 heavy (non-hydrogen) atoms. The molecule has 1 aromatic carbocycles. The van der Waals surface area contributed by atoms with E-state index in [2.05, 4.69) is 49.3 Å². The fraction of sp³-hybridized carbons (Fsp3) is 0.292. The third-order valence-corrected chi connectivity index (χ3v) is 6.84. The highest BCUT2D eigenvalue weighted by Crippen LogP contribution is 2.41. The molecule has 7 heteroatoms. The van der Waals surface area contributed by atoms with Gasteiger partial charge in [0.25, 0.3) is 0 Å². The molecule has 5 rings (SSSR count). The maximum Gasteiger partial charge on any atom is 0.237 e. The van der Waals surface area contributed by atoms with Gasteiger partial charge in [-0.3, -0.25) is 19.7 Å².